The van der Waals surface area contributed by atoms with Crippen molar-refractivity contribution in [3.63, 3.8) is 0 Å². The van der Waals surface area contributed by atoms with Gasteiger partial charge < -0.3 is 15.5 Å². The van der Waals surface area contributed by atoms with Gasteiger partial charge in [-0.1, -0.05) is 13.8 Å². The highest BCUT2D eigenvalue weighted by Crippen LogP contribution is 2.16. The number of rotatable bonds is 4. The maximum atomic E-state index is 6.05. The Kier molecular flexibility index (Phi) is 5.25. The minimum Gasteiger partial charge on any atom is -0.370 e. The number of aliphatic imine (C=N–C) groups is 1. The molecule has 4 nitrogen and oxygen atoms in total. The minimum absolute atomic E-state index is 0.184. The van der Waals surface area contributed by atoms with E-state index in [2.05, 4.69) is 42.7 Å². The lowest BCUT2D eigenvalue weighted by molar-refractivity contribution is 0.247. The number of hydrogen-bond acceptors (Lipinski definition) is 2. The van der Waals surface area contributed by atoms with Crippen LogP contribution in [0.15, 0.2) is 4.99 Å². The van der Waals surface area contributed by atoms with Crippen molar-refractivity contribution in [2.24, 2.45) is 16.1 Å². The van der Waals surface area contributed by atoms with Crippen LogP contribution in [0.25, 0.3) is 0 Å². The zero-order valence-corrected chi connectivity index (χ0v) is 11.9. The summed E-state index contributed by atoms with van der Waals surface area (Å²) in [7, 11) is 4.19. The molecule has 0 aromatic rings. The molecular weight excluding hydrogens is 212 g/mol. The van der Waals surface area contributed by atoms with Gasteiger partial charge in [0, 0.05) is 26.2 Å². The first kappa shape index (κ1) is 14.3. The Morgan fingerprint density at radius 2 is 1.82 bits per heavy atom. The molecule has 0 aliphatic carbocycles. The van der Waals surface area contributed by atoms with Crippen molar-refractivity contribution in [2.45, 2.75) is 33.1 Å². The number of nitrogens with two attached hydrogens (primary N) is 1. The molecule has 100 valence electrons. The van der Waals surface area contributed by atoms with Crippen molar-refractivity contribution >= 4 is 5.96 Å². The lowest BCUT2D eigenvalue weighted by atomic mass is 9.93. The molecule has 1 heterocycles. The molecule has 0 bridgehead atoms. The molecule has 2 N–H and O–H groups in total. The molecule has 0 aromatic carbocycles. The van der Waals surface area contributed by atoms with E-state index in [1.165, 1.54) is 19.3 Å². The zero-order valence-electron chi connectivity index (χ0n) is 11.9. The van der Waals surface area contributed by atoms with E-state index >= 15 is 0 Å². The summed E-state index contributed by atoms with van der Waals surface area (Å²) in [5, 5.41) is 0. The van der Waals surface area contributed by atoms with Crippen molar-refractivity contribution in [2.75, 3.05) is 40.3 Å². The van der Waals surface area contributed by atoms with E-state index < -0.39 is 0 Å². The molecule has 4 heteroatoms. The third kappa shape index (κ3) is 5.39. The van der Waals surface area contributed by atoms with Gasteiger partial charge in [0.1, 0.15) is 0 Å². The Morgan fingerprint density at radius 3 is 2.35 bits per heavy atom. The summed E-state index contributed by atoms with van der Waals surface area (Å²) in [6, 6.07) is 0. The van der Waals surface area contributed by atoms with Crippen molar-refractivity contribution < 1.29 is 0 Å². The molecule has 1 fully saturated rings. The summed E-state index contributed by atoms with van der Waals surface area (Å²) in [6.45, 7) is 8.45. The smallest absolute Gasteiger partial charge is 0.191 e. The van der Waals surface area contributed by atoms with Gasteiger partial charge in [0.15, 0.2) is 5.96 Å². The van der Waals surface area contributed by atoms with E-state index in [0.29, 0.717) is 0 Å². The largest absolute Gasteiger partial charge is 0.370 e. The first-order chi connectivity index (χ1) is 7.91. The molecule has 17 heavy (non-hydrogen) atoms. The van der Waals surface area contributed by atoms with Crippen LogP contribution in [-0.2, 0) is 0 Å². The third-order valence-electron chi connectivity index (χ3n) is 3.09. The first-order valence-electron chi connectivity index (χ1n) is 6.60. The van der Waals surface area contributed by atoms with Crippen LogP contribution < -0.4 is 5.73 Å². The van der Waals surface area contributed by atoms with Crippen LogP contribution in [0.5, 0.6) is 0 Å². The number of guanidine groups is 1. The lowest BCUT2D eigenvalue weighted by Crippen LogP contribution is -2.42. The van der Waals surface area contributed by atoms with Crippen LogP contribution in [0, 0.1) is 5.41 Å². The molecule has 0 saturated carbocycles. The second-order valence-corrected chi connectivity index (χ2v) is 6.12. The molecule has 1 aliphatic rings. The topological polar surface area (TPSA) is 44.9 Å². The molecule has 0 aromatic heterocycles. The van der Waals surface area contributed by atoms with Gasteiger partial charge in [-0.15, -0.1) is 0 Å². The third-order valence-corrected chi connectivity index (χ3v) is 3.09. The summed E-state index contributed by atoms with van der Waals surface area (Å²) in [6.07, 6.45) is 3.82. The van der Waals surface area contributed by atoms with Crippen molar-refractivity contribution in [3.05, 3.63) is 0 Å². The maximum Gasteiger partial charge on any atom is 0.191 e. The Hall–Kier alpha value is -0.770. The van der Waals surface area contributed by atoms with E-state index in [4.69, 9.17) is 5.73 Å². The number of piperidine rings is 1. The predicted octanol–water partition coefficient (Wildman–Crippen LogP) is 1.37. The van der Waals surface area contributed by atoms with Crippen LogP contribution >= 0.6 is 0 Å². The monoisotopic (exact) mass is 240 g/mol. The van der Waals surface area contributed by atoms with Gasteiger partial charge in [-0.3, -0.25) is 4.99 Å². The molecule has 1 rings (SSSR count). The molecule has 0 unspecified atom stereocenters. The number of nitrogens with zero attached hydrogens (tertiary/aromatic N) is 3. The summed E-state index contributed by atoms with van der Waals surface area (Å²) in [4.78, 5) is 8.98. The van der Waals surface area contributed by atoms with Crippen LogP contribution in [0.1, 0.15) is 33.1 Å². The fourth-order valence-electron chi connectivity index (χ4n) is 2.42. The summed E-state index contributed by atoms with van der Waals surface area (Å²) in [5.74, 6) is 0.733. The van der Waals surface area contributed by atoms with Crippen LogP contribution in [0.3, 0.4) is 0 Å². The minimum atomic E-state index is 0.184. The lowest BCUT2D eigenvalue weighted by Gasteiger charge is -2.30. The van der Waals surface area contributed by atoms with Crippen molar-refractivity contribution in [3.8, 4) is 0 Å². The van der Waals surface area contributed by atoms with Gasteiger partial charge in [-0.25, -0.2) is 0 Å². The van der Waals surface area contributed by atoms with Gasteiger partial charge in [-0.05, 0) is 38.8 Å². The van der Waals surface area contributed by atoms with Gasteiger partial charge in [0.2, 0.25) is 0 Å². The van der Waals surface area contributed by atoms with Crippen molar-refractivity contribution in [1.29, 1.82) is 0 Å². The number of likely N-dealkylation sites (tertiary alicyclic amines) is 1. The molecule has 0 spiro atoms. The van der Waals surface area contributed by atoms with Crippen molar-refractivity contribution in [1.82, 2.24) is 9.80 Å². The quantitative estimate of drug-likeness (QED) is 0.596. The average Bonchev–Trinajstić information content (AvgIpc) is 2.25. The van der Waals surface area contributed by atoms with Gasteiger partial charge in [-0.2, -0.15) is 0 Å². The normalized spacial score (nSPS) is 18.9. The molecule has 1 saturated heterocycles. The fraction of sp³-hybridized carbons (Fsp3) is 0.923. The maximum absolute atomic E-state index is 6.05. The molecule has 0 amide bonds. The SMILES string of the molecule is CN(C)CC(C)(C)CN=C(N)N1CCCCC1. The summed E-state index contributed by atoms with van der Waals surface area (Å²) >= 11 is 0. The Morgan fingerprint density at radius 1 is 1.24 bits per heavy atom. The highest BCUT2D eigenvalue weighted by Gasteiger charge is 2.19. The second-order valence-electron chi connectivity index (χ2n) is 6.12. The van der Waals surface area contributed by atoms with E-state index in [9.17, 15) is 0 Å². The second kappa shape index (κ2) is 6.24. The van der Waals surface area contributed by atoms with Gasteiger partial charge in [0.05, 0.1) is 0 Å². The Labute approximate surface area is 106 Å². The molecule has 0 radical (unpaired) electrons. The fourth-order valence-corrected chi connectivity index (χ4v) is 2.42. The zero-order chi connectivity index (χ0) is 12.9. The first-order valence-corrected chi connectivity index (χ1v) is 6.60. The van der Waals surface area contributed by atoms with Crippen LogP contribution in [0.4, 0.5) is 0 Å². The van der Waals surface area contributed by atoms with E-state index in [-0.39, 0.29) is 5.41 Å². The summed E-state index contributed by atoms with van der Waals surface area (Å²) in [5.41, 5.74) is 6.23. The predicted molar refractivity (Wildman–Crippen MR) is 74.2 cm³/mol. The van der Waals surface area contributed by atoms with Gasteiger partial charge >= 0.3 is 0 Å². The van der Waals surface area contributed by atoms with E-state index in [0.717, 1.165) is 32.1 Å². The molecular formula is C13H28N4. The van der Waals surface area contributed by atoms with E-state index in [1.54, 1.807) is 0 Å². The standard InChI is InChI=1S/C13H28N4/c1-13(2,11-16(3)4)10-15-12(14)17-8-6-5-7-9-17/h5-11H2,1-4H3,(H2,14,15). The van der Waals surface area contributed by atoms with Gasteiger partial charge in [0.25, 0.3) is 0 Å². The van der Waals surface area contributed by atoms with E-state index in [1.807, 2.05) is 0 Å². The highest BCUT2D eigenvalue weighted by molar-refractivity contribution is 5.78. The molecule has 1 aliphatic heterocycles. The Balaban J connectivity index is 2.45. The average molecular weight is 240 g/mol. The van der Waals surface area contributed by atoms with Crippen LogP contribution in [0.2, 0.25) is 0 Å². The number of hydrogen-bond donors (Lipinski definition) is 1. The van der Waals surface area contributed by atoms with Crippen LogP contribution in [-0.4, -0.2) is 56.0 Å². The summed E-state index contributed by atoms with van der Waals surface area (Å²) < 4.78 is 0. The highest BCUT2D eigenvalue weighted by atomic mass is 15.3. The Bertz CT molecular complexity index is 252. The molecule has 0 atom stereocenters.